The van der Waals surface area contributed by atoms with Crippen LogP contribution in [0.4, 0.5) is 11.4 Å². The zero-order valence-electron chi connectivity index (χ0n) is 29.7. The van der Waals surface area contributed by atoms with Gasteiger partial charge in [0.25, 0.3) is 0 Å². The van der Waals surface area contributed by atoms with Crippen LogP contribution in [0.1, 0.15) is 104 Å². The highest BCUT2D eigenvalue weighted by molar-refractivity contribution is 6.03. The van der Waals surface area contributed by atoms with E-state index in [1.165, 1.54) is 85.3 Å². The van der Waals surface area contributed by atoms with Crippen LogP contribution in [0.2, 0.25) is 0 Å². The van der Waals surface area contributed by atoms with Gasteiger partial charge in [-0.25, -0.2) is 0 Å². The van der Waals surface area contributed by atoms with Crippen molar-refractivity contribution < 1.29 is 31.0 Å². The Morgan fingerprint density at radius 2 is 1.30 bits per heavy atom. The molecule has 5 heteroatoms. The van der Waals surface area contributed by atoms with Crippen LogP contribution in [0, 0.1) is 0 Å². The minimum atomic E-state index is -0.0917. The highest BCUT2D eigenvalue weighted by Crippen LogP contribution is 2.49. The van der Waals surface area contributed by atoms with Crippen molar-refractivity contribution in [2.75, 3.05) is 32.2 Å². The maximum atomic E-state index is 5.59. The molecule has 0 radical (unpaired) electrons. The Kier molecular flexibility index (Phi) is 14.0. The summed E-state index contributed by atoms with van der Waals surface area (Å²) in [5, 5.41) is 0. The monoisotopic (exact) mass is 688 g/mol. The zero-order valence-corrected chi connectivity index (χ0v) is 31.3. The molecule has 0 spiro atoms. The molecule has 2 aliphatic heterocycles. The summed E-state index contributed by atoms with van der Waals surface area (Å²) >= 11 is 0. The van der Waals surface area contributed by atoms with E-state index in [2.05, 4.69) is 130 Å². The van der Waals surface area contributed by atoms with Gasteiger partial charge in [0.2, 0.25) is 5.69 Å². The van der Waals surface area contributed by atoms with Crippen LogP contribution in [0.5, 0.6) is 11.5 Å². The van der Waals surface area contributed by atoms with Crippen LogP contribution in [-0.2, 0) is 10.8 Å². The molecular formula is C41H57BrN2O2. The molecule has 0 bridgehead atoms. The first-order valence-electron chi connectivity index (χ1n) is 17.2. The fourth-order valence-electron chi connectivity index (χ4n) is 6.92. The van der Waals surface area contributed by atoms with Crippen LogP contribution in [-0.4, -0.2) is 37.6 Å². The van der Waals surface area contributed by atoms with Gasteiger partial charge >= 0.3 is 0 Å². The lowest BCUT2D eigenvalue weighted by Gasteiger charge is -2.27. The summed E-state index contributed by atoms with van der Waals surface area (Å²) in [6.07, 6.45) is 25.4. The lowest BCUT2D eigenvalue weighted by Crippen LogP contribution is -3.00. The number of hydrogen-bond donors (Lipinski definition) is 0. The summed E-state index contributed by atoms with van der Waals surface area (Å²) in [4.78, 5) is 2.53. The number of nitrogens with zero attached hydrogens (tertiary/aromatic N) is 2. The third kappa shape index (κ3) is 8.26. The molecule has 2 heterocycles. The molecule has 2 aliphatic rings. The fraction of sp³-hybridized carbons (Fsp3) is 0.488. The molecule has 2 aromatic rings. The van der Waals surface area contributed by atoms with Gasteiger partial charge in [-0.05, 0) is 68.7 Å². The van der Waals surface area contributed by atoms with Gasteiger partial charge in [-0.15, -0.1) is 0 Å². The summed E-state index contributed by atoms with van der Waals surface area (Å²) in [5.74, 6) is 1.84. The van der Waals surface area contributed by atoms with Gasteiger partial charge in [-0.2, -0.15) is 4.58 Å². The highest BCUT2D eigenvalue weighted by Gasteiger charge is 2.44. The molecular weight excluding hydrogens is 632 g/mol. The molecule has 46 heavy (non-hydrogen) atoms. The number of unbranched alkanes of at least 4 members (excludes halogenated alkanes) is 6. The average Bonchev–Trinajstić information content (AvgIpc) is 3.38. The number of ether oxygens (including phenoxy) is 2. The minimum absolute atomic E-state index is 0. The topological polar surface area (TPSA) is 24.7 Å². The predicted molar refractivity (Wildman–Crippen MR) is 193 cm³/mol. The molecule has 0 fully saturated rings. The van der Waals surface area contributed by atoms with Crippen molar-refractivity contribution >= 4 is 17.1 Å². The third-order valence-electron chi connectivity index (χ3n) is 9.62. The van der Waals surface area contributed by atoms with Crippen molar-refractivity contribution in [2.24, 2.45) is 0 Å². The summed E-state index contributed by atoms with van der Waals surface area (Å²) in [6, 6.07) is 13.1. The summed E-state index contributed by atoms with van der Waals surface area (Å²) in [6.45, 7) is 15.9. The van der Waals surface area contributed by atoms with Gasteiger partial charge in [0.05, 0.1) is 19.6 Å². The Morgan fingerprint density at radius 3 is 1.98 bits per heavy atom. The number of methoxy groups -OCH3 is 2. The molecule has 2 aromatic carbocycles. The van der Waals surface area contributed by atoms with E-state index in [9.17, 15) is 0 Å². The first-order chi connectivity index (χ1) is 21.7. The van der Waals surface area contributed by atoms with Crippen molar-refractivity contribution in [2.45, 2.75) is 104 Å². The highest BCUT2D eigenvalue weighted by atomic mass is 79.9. The maximum absolute atomic E-state index is 5.59. The number of anilines is 1. The first kappa shape index (κ1) is 37.4. The molecule has 0 amide bonds. The second-order valence-electron chi connectivity index (χ2n) is 13.5. The average molecular weight is 690 g/mol. The Balaban J connectivity index is 0.00000576. The quantitative estimate of drug-likeness (QED) is 0.103. The van der Waals surface area contributed by atoms with E-state index in [4.69, 9.17) is 9.47 Å². The van der Waals surface area contributed by atoms with Gasteiger partial charge in [-0.3, -0.25) is 0 Å². The molecule has 0 aromatic heterocycles. The molecule has 0 saturated heterocycles. The molecule has 0 aliphatic carbocycles. The summed E-state index contributed by atoms with van der Waals surface area (Å²) in [5.41, 5.74) is 7.80. The van der Waals surface area contributed by atoms with Gasteiger partial charge < -0.3 is 31.4 Å². The second-order valence-corrected chi connectivity index (χ2v) is 13.5. The van der Waals surface area contributed by atoms with Crippen molar-refractivity contribution in [3.8, 4) is 11.5 Å². The van der Waals surface area contributed by atoms with Gasteiger partial charge in [0.15, 0.2) is 5.71 Å². The van der Waals surface area contributed by atoms with Crippen LogP contribution in [0.3, 0.4) is 0 Å². The first-order valence-corrected chi connectivity index (χ1v) is 17.2. The lowest BCUT2D eigenvalue weighted by molar-refractivity contribution is -0.438. The van der Waals surface area contributed by atoms with Crippen LogP contribution in [0.25, 0.3) is 0 Å². The van der Waals surface area contributed by atoms with E-state index in [0.717, 1.165) is 24.6 Å². The van der Waals surface area contributed by atoms with Crippen molar-refractivity contribution in [3.63, 3.8) is 0 Å². The number of allylic oxidation sites excluding steroid dienone is 8. The van der Waals surface area contributed by atoms with Crippen molar-refractivity contribution in [1.82, 2.24) is 0 Å². The van der Waals surface area contributed by atoms with E-state index >= 15 is 0 Å². The smallest absolute Gasteiger partial charge is 0.210 e. The maximum Gasteiger partial charge on any atom is 0.210 e. The van der Waals surface area contributed by atoms with E-state index in [1.54, 1.807) is 14.2 Å². The molecule has 4 rings (SSSR count). The number of rotatable bonds is 16. The Labute approximate surface area is 290 Å². The second kappa shape index (κ2) is 17.2. The van der Waals surface area contributed by atoms with Crippen molar-refractivity contribution in [3.05, 3.63) is 95.8 Å². The Bertz CT molecular complexity index is 1460. The molecule has 0 unspecified atom stereocenters. The third-order valence-corrected chi connectivity index (χ3v) is 9.62. The largest absolute Gasteiger partial charge is 1.00 e. The standard InChI is InChI=1S/C41H57N2O2.BrH/c1-9-11-13-20-28-42-36-26-24-32(44-7)30-34(36)40(3,4)38(42)22-18-16-15-17-19-23-39-41(5,6)35-31-33(45-8)25-27-37(35)43(39)29-21-14-12-10-2;/h15-19,22-27,30-31H,9-14,20-21,28-29H2,1-8H3;1H/q+1;/p-1. The van der Waals surface area contributed by atoms with E-state index in [0.29, 0.717) is 0 Å². The van der Waals surface area contributed by atoms with Crippen LogP contribution >= 0.6 is 0 Å². The number of halogens is 1. The number of hydrogen-bond acceptors (Lipinski definition) is 3. The van der Waals surface area contributed by atoms with Crippen molar-refractivity contribution in [1.29, 1.82) is 0 Å². The van der Waals surface area contributed by atoms with Crippen LogP contribution < -0.4 is 31.4 Å². The normalized spacial score (nSPS) is 17.4. The zero-order chi connectivity index (χ0) is 32.5. The fourth-order valence-corrected chi connectivity index (χ4v) is 6.92. The van der Waals surface area contributed by atoms with E-state index in [1.807, 2.05) is 0 Å². The SMILES string of the molecule is CCCCCCN1\C(=C/C=C/C=C/C=C/C2=[N+](CCCCCC)c3ccc(OC)cc3C2(C)C)C(C)(C)c2cc(OC)ccc21.[Br-]. The predicted octanol–water partition coefficient (Wildman–Crippen LogP) is 7.59. The Hall–Kier alpha value is -3.05. The van der Waals surface area contributed by atoms with Crippen LogP contribution in [0.15, 0.2) is 84.6 Å². The van der Waals surface area contributed by atoms with Gasteiger partial charge in [-0.1, -0.05) is 90.2 Å². The molecule has 250 valence electrons. The lowest BCUT2D eigenvalue weighted by atomic mass is 9.81. The minimum Gasteiger partial charge on any atom is -1.00 e. The van der Waals surface area contributed by atoms with Gasteiger partial charge in [0.1, 0.15) is 18.0 Å². The Morgan fingerprint density at radius 1 is 0.696 bits per heavy atom. The molecule has 4 nitrogen and oxygen atoms in total. The van der Waals surface area contributed by atoms with E-state index < -0.39 is 0 Å². The molecule has 0 saturated carbocycles. The van der Waals surface area contributed by atoms with E-state index in [-0.39, 0.29) is 27.8 Å². The van der Waals surface area contributed by atoms with Gasteiger partial charge in [0, 0.05) is 47.5 Å². The number of fused-ring (bicyclic) bond motifs is 2. The summed E-state index contributed by atoms with van der Waals surface area (Å²) < 4.78 is 13.7. The summed E-state index contributed by atoms with van der Waals surface area (Å²) in [7, 11) is 3.50. The molecule has 0 atom stereocenters. The molecule has 0 N–H and O–H groups in total. The number of benzene rings is 2.